The quantitative estimate of drug-likeness (QED) is 0.0926. The van der Waals surface area contributed by atoms with Crippen molar-refractivity contribution in [3.05, 3.63) is 169 Å². The van der Waals surface area contributed by atoms with E-state index in [4.69, 9.17) is 9.97 Å². The zero-order chi connectivity index (χ0) is 37.8. The van der Waals surface area contributed by atoms with E-state index in [0.29, 0.717) is 0 Å². The van der Waals surface area contributed by atoms with E-state index in [1.54, 1.807) is 0 Å². The lowest BCUT2D eigenvalue weighted by molar-refractivity contribution is 0.708. The minimum atomic E-state index is 1.04. The van der Waals surface area contributed by atoms with Gasteiger partial charge in [-0.2, -0.15) is 0 Å². The van der Waals surface area contributed by atoms with Crippen molar-refractivity contribution in [2.75, 3.05) is 0 Å². The second-order valence-electron chi connectivity index (χ2n) is 15.4. The summed E-state index contributed by atoms with van der Waals surface area (Å²) in [6, 6.07) is 54.3. The first-order valence-corrected chi connectivity index (χ1v) is 20.6. The Morgan fingerprint density at radius 2 is 0.696 bits per heavy atom. The zero-order valence-corrected chi connectivity index (χ0v) is 32.6. The predicted molar refractivity (Wildman–Crippen MR) is 240 cm³/mol. The highest BCUT2D eigenvalue weighted by atomic mass is 14.7. The summed E-state index contributed by atoms with van der Waals surface area (Å²) < 4.78 is 0. The summed E-state index contributed by atoms with van der Waals surface area (Å²) in [5.41, 5.74) is 12.3. The SMILES string of the molecule is CCCCCc1cc2cc(-c3ccc(-c4c5ccccc5c(-c5ccc(-c6ccc7cnc(CCCCC)cc7c6)cc5)c5ccccc45)cc3)ccc2cn1. The summed E-state index contributed by atoms with van der Waals surface area (Å²) in [4.78, 5) is 9.47. The van der Waals surface area contributed by atoms with Gasteiger partial charge in [-0.1, -0.05) is 161 Å². The normalized spacial score (nSPS) is 11.6. The topological polar surface area (TPSA) is 25.8 Å². The lowest BCUT2D eigenvalue weighted by Gasteiger charge is -2.18. The van der Waals surface area contributed by atoms with Gasteiger partial charge >= 0.3 is 0 Å². The summed E-state index contributed by atoms with van der Waals surface area (Å²) in [7, 11) is 0. The number of aromatic nitrogens is 2. The van der Waals surface area contributed by atoms with Crippen molar-refractivity contribution in [2.24, 2.45) is 0 Å². The number of hydrogen-bond acceptors (Lipinski definition) is 2. The van der Waals surface area contributed by atoms with Gasteiger partial charge in [-0.3, -0.25) is 9.97 Å². The molecular weight excluding hydrogens is 677 g/mol. The molecule has 2 heteroatoms. The van der Waals surface area contributed by atoms with E-state index in [1.165, 1.54) is 138 Å². The van der Waals surface area contributed by atoms with Crippen LogP contribution in [0.15, 0.2) is 158 Å². The van der Waals surface area contributed by atoms with Crippen molar-refractivity contribution >= 4 is 43.1 Å². The summed E-state index contributed by atoms with van der Waals surface area (Å²) in [5, 5.41) is 9.97. The van der Waals surface area contributed by atoms with Crippen LogP contribution in [0.1, 0.15) is 63.8 Å². The number of benzene rings is 7. The monoisotopic (exact) mass is 724 g/mol. The largest absolute Gasteiger partial charge is 0.261 e. The smallest absolute Gasteiger partial charge is 0.0410 e. The maximum absolute atomic E-state index is 4.74. The molecule has 9 rings (SSSR count). The Bertz CT molecular complexity index is 2560. The maximum atomic E-state index is 4.74. The molecule has 0 spiro atoms. The predicted octanol–water partition coefficient (Wildman–Crippen LogP) is 15.2. The standard InChI is InChI=1S/C54H48N2/c1-3-5-7-13-47-33-45-31-41(27-29-43(45)35-55-47)37-19-23-39(24-20-37)53-49-15-9-11-17-51(49)54(52-18-12-10-16-50(52)53)40-25-21-38(22-26-40)42-28-30-44-36-56-48(14-8-6-4-2)34-46(44)32-42/h9-12,15-36H,3-8,13-14H2,1-2H3. The molecule has 0 fully saturated rings. The maximum Gasteiger partial charge on any atom is 0.0410 e. The van der Waals surface area contributed by atoms with E-state index in [1.807, 2.05) is 12.4 Å². The molecule has 0 saturated heterocycles. The van der Waals surface area contributed by atoms with Crippen molar-refractivity contribution in [3.63, 3.8) is 0 Å². The third-order valence-electron chi connectivity index (χ3n) is 11.6. The summed E-state index contributed by atoms with van der Waals surface area (Å²) >= 11 is 0. The van der Waals surface area contributed by atoms with E-state index in [2.05, 4.69) is 159 Å². The van der Waals surface area contributed by atoms with Crippen LogP contribution >= 0.6 is 0 Å². The van der Waals surface area contributed by atoms with Gasteiger partial charge in [-0.25, -0.2) is 0 Å². The molecule has 9 aromatic rings. The Labute approximate surface area is 330 Å². The van der Waals surface area contributed by atoms with Gasteiger partial charge in [-0.15, -0.1) is 0 Å². The van der Waals surface area contributed by atoms with Gasteiger partial charge in [0.25, 0.3) is 0 Å². The van der Waals surface area contributed by atoms with Crippen molar-refractivity contribution < 1.29 is 0 Å². The first kappa shape index (κ1) is 35.6. The average molecular weight is 725 g/mol. The van der Waals surface area contributed by atoms with Crippen LogP contribution in [0, 0.1) is 0 Å². The van der Waals surface area contributed by atoms with E-state index >= 15 is 0 Å². The lowest BCUT2D eigenvalue weighted by Crippen LogP contribution is -1.92. The molecule has 0 N–H and O–H groups in total. The summed E-state index contributed by atoms with van der Waals surface area (Å²) in [6.45, 7) is 4.50. The molecule has 0 radical (unpaired) electrons. The molecule has 7 aromatic carbocycles. The van der Waals surface area contributed by atoms with Crippen LogP contribution in [0.5, 0.6) is 0 Å². The van der Waals surface area contributed by atoms with Gasteiger partial charge < -0.3 is 0 Å². The molecule has 0 aliphatic carbocycles. The van der Waals surface area contributed by atoms with Gasteiger partial charge in [0.2, 0.25) is 0 Å². The van der Waals surface area contributed by atoms with E-state index in [9.17, 15) is 0 Å². The molecule has 0 unspecified atom stereocenters. The molecule has 2 aromatic heterocycles. The Hall–Kier alpha value is -6.12. The molecule has 2 heterocycles. The van der Waals surface area contributed by atoms with Crippen LogP contribution in [-0.4, -0.2) is 9.97 Å². The number of nitrogens with zero attached hydrogens (tertiary/aromatic N) is 2. The van der Waals surface area contributed by atoms with Crippen LogP contribution in [0.4, 0.5) is 0 Å². The first-order valence-electron chi connectivity index (χ1n) is 20.6. The fraction of sp³-hybridized carbons (Fsp3) is 0.185. The van der Waals surface area contributed by atoms with E-state index < -0.39 is 0 Å². The fourth-order valence-electron chi connectivity index (χ4n) is 8.53. The molecule has 56 heavy (non-hydrogen) atoms. The number of hydrogen-bond donors (Lipinski definition) is 0. The Kier molecular flexibility index (Phi) is 10.1. The second-order valence-corrected chi connectivity index (χ2v) is 15.4. The van der Waals surface area contributed by atoms with Crippen molar-refractivity contribution in [3.8, 4) is 44.5 Å². The number of aryl methyl sites for hydroxylation is 2. The van der Waals surface area contributed by atoms with Crippen molar-refractivity contribution in [2.45, 2.75) is 65.2 Å². The van der Waals surface area contributed by atoms with E-state index in [0.717, 1.165) is 12.8 Å². The van der Waals surface area contributed by atoms with Crippen LogP contribution in [0.25, 0.3) is 87.6 Å². The van der Waals surface area contributed by atoms with Crippen LogP contribution in [-0.2, 0) is 12.8 Å². The minimum absolute atomic E-state index is 1.04. The highest BCUT2D eigenvalue weighted by Gasteiger charge is 2.17. The second kappa shape index (κ2) is 15.9. The molecule has 0 saturated carbocycles. The van der Waals surface area contributed by atoms with Crippen LogP contribution in [0.3, 0.4) is 0 Å². The fourth-order valence-corrected chi connectivity index (χ4v) is 8.53. The van der Waals surface area contributed by atoms with Gasteiger partial charge in [0.1, 0.15) is 0 Å². The third kappa shape index (κ3) is 7.08. The number of pyridine rings is 2. The molecule has 0 amide bonds. The van der Waals surface area contributed by atoms with Gasteiger partial charge in [0.05, 0.1) is 0 Å². The summed E-state index contributed by atoms with van der Waals surface area (Å²) in [6.07, 6.45) is 13.5. The lowest BCUT2D eigenvalue weighted by atomic mass is 9.85. The molecule has 274 valence electrons. The Morgan fingerprint density at radius 1 is 0.339 bits per heavy atom. The molecule has 0 aliphatic heterocycles. The van der Waals surface area contributed by atoms with Crippen molar-refractivity contribution in [1.82, 2.24) is 9.97 Å². The molecule has 0 bridgehead atoms. The molecule has 0 atom stereocenters. The van der Waals surface area contributed by atoms with Gasteiger partial charge in [0, 0.05) is 34.6 Å². The Balaban J connectivity index is 1.06. The highest BCUT2D eigenvalue weighted by Crippen LogP contribution is 2.44. The minimum Gasteiger partial charge on any atom is -0.261 e. The van der Waals surface area contributed by atoms with Crippen LogP contribution in [0.2, 0.25) is 0 Å². The van der Waals surface area contributed by atoms with Gasteiger partial charge in [0.15, 0.2) is 0 Å². The number of fused-ring (bicyclic) bond motifs is 4. The number of unbranched alkanes of at least 4 members (excludes halogenated alkanes) is 4. The number of rotatable bonds is 12. The summed E-state index contributed by atoms with van der Waals surface area (Å²) in [5.74, 6) is 0. The van der Waals surface area contributed by atoms with Crippen LogP contribution < -0.4 is 0 Å². The molecule has 2 nitrogen and oxygen atoms in total. The van der Waals surface area contributed by atoms with Gasteiger partial charge in [-0.05, 0) is 127 Å². The highest BCUT2D eigenvalue weighted by molar-refractivity contribution is 6.21. The third-order valence-corrected chi connectivity index (χ3v) is 11.6. The molecular formula is C54H48N2. The first-order chi connectivity index (χ1) is 27.7. The average Bonchev–Trinajstić information content (AvgIpc) is 3.25. The van der Waals surface area contributed by atoms with E-state index in [-0.39, 0.29) is 0 Å². The van der Waals surface area contributed by atoms with Crippen molar-refractivity contribution in [1.29, 1.82) is 0 Å². The zero-order valence-electron chi connectivity index (χ0n) is 32.6. The Morgan fingerprint density at radius 3 is 1.07 bits per heavy atom. The molecule has 0 aliphatic rings.